The predicted octanol–water partition coefficient (Wildman–Crippen LogP) is 0.0747. The first-order valence-electron chi connectivity index (χ1n) is 7.11. The molecule has 0 aromatic rings. The molecule has 8 nitrogen and oxygen atoms in total. The van der Waals surface area contributed by atoms with Gasteiger partial charge in [0.2, 0.25) is 0 Å². The number of carbonyl (C=O) groups excluding carboxylic acids is 2. The number of nitrogens with one attached hydrogen (secondary N) is 1. The molecule has 0 aromatic heterocycles. The summed E-state index contributed by atoms with van der Waals surface area (Å²) in [5.74, 6) is 0.00258. The summed E-state index contributed by atoms with van der Waals surface area (Å²) in [7, 11) is 1.34. The van der Waals surface area contributed by atoms with Crippen molar-refractivity contribution < 1.29 is 19.1 Å². The lowest BCUT2D eigenvalue weighted by molar-refractivity contribution is -0.140. The minimum atomic E-state index is -0.311. The first-order valence-corrected chi connectivity index (χ1v) is 7.11. The van der Waals surface area contributed by atoms with E-state index in [4.69, 9.17) is 10.5 Å². The molecule has 1 aliphatic rings. The Hall–Kier alpha value is -1.99. The van der Waals surface area contributed by atoms with Crippen LogP contribution < -0.4 is 11.1 Å². The number of guanidine groups is 1. The fourth-order valence-electron chi connectivity index (χ4n) is 2.05. The molecule has 0 bridgehead atoms. The molecule has 0 aromatic carbocycles. The number of hydrogen-bond donors (Lipinski definition) is 2. The van der Waals surface area contributed by atoms with Gasteiger partial charge in [-0.05, 0) is 19.8 Å². The van der Waals surface area contributed by atoms with Gasteiger partial charge in [-0.2, -0.15) is 0 Å². The monoisotopic (exact) mass is 300 g/mol. The second-order valence-corrected chi connectivity index (χ2v) is 4.70. The van der Waals surface area contributed by atoms with Gasteiger partial charge in [0.1, 0.15) is 0 Å². The van der Waals surface area contributed by atoms with E-state index in [-0.39, 0.29) is 24.5 Å². The highest BCUT2D eigenvalue weighted by Crippen LogP contribution is 2.11. The Bertz CT molecular complexity index is 378. The number of hydrogen-bond acceptors (Lipinski definition) is 5. The molecule has 0 unspecified atom stereocenters. The van der Waals surface area contributed by atoms with E-state index in [9.17, 15) is 9.59 Å². The van der Waals surface area contributed by atoms with Crippen LogP contribution in [0.1, 0.15) is 26.2 Å². The Kier molecular flexibility index (Phi) is 7.34. The first-order chi connectivity index (χ1) is 10.1. The van der Waals surface area contributed by atoms with Crippen molar-refractivity contribution in [3.63, 3.8) is 0 Å². The lowest BCUT2D eigenvalue weighted by Crippen LogP contribution is -2.48. The van der Waals surface area contributed by atoms with Crippen LogP contribution in [0.4, 0.5) is 4.79 Å². The minimum absolute atomic E-state index is 0.178. The number of nitrogens with zero attached hydrogens (tertiary/aromatic N) is 2. The van der Waals surface area contributed by atoms with Crippen molar-refractivity contribution in [2.75, 3.05) is 33.4 Å². The molecule has 1 fully saturated rings. The third-order valence-electron chi connectivity index (χ3n) is 3.20. The van der Waals surface area contributed by atoms with Crippen LogP contribution in [0.5, 0.6) is 0 Å². The largest absolute Gasteiger partial charge is 0.469 e. The van der Waals surface area contributed by atoms with Crippen LogP contribution in [0, 0.1) is 0 Å². The van der Waals surface area contributed by atoms with E-state index in [0.717, 1.165) is 12.8 Å². The van der Waals surface area contributed by atoms with Crippen LogP contribution in [-0.2, 0) is 14.3 Å². The Morgan fingerprint density at radius 3 is 2.62 bits per heavy atom. The first kappa shape index (κ1) is 17.1. The summed E-state index contributed by atoms with van der Waals surface area (Å²) in [6, 6.07) is 0.178. The summed E-state index contributed by atoms with van der Waals surface area (Å²) >= 11 is 0. The molecule has 0 saturated carbocycles. The number of amides is 1. The Labute approximate surface area is 124 Å². The third-order valence-corrected chi connectivity index (χ3v) is 3.20. The molecule has 1 heterocycles. The molecule has 120 valence electrons. The molecule has 3 N–H and O–H groups in total. The van der Waals surface area contributed by atoms with Gasteiger partial charge in [0.25, 0.3) is 0 Å². The van der Waals surface area contributed by atoms with Crippen LogP contribution in [0.2, 0.25) is 0 Å². The van der Waals surface area contributed by atoms with Gasteiger partial charge in [0.05, 0.1) is 26.7 Å². The van der Waals surface area contributed by atoms with E-state index in [1.165, 1.54) is 7.11 Å². The Morgan fingerprint density at radius 1 is 1.38 bits per heavy atom. The van der Waals surface area contributed by atoms with Gasteiger partial charge in [0, 0.05) is 19.1 Å². The molecular formula is C13H24N4O4. The second kappa shape index (κ2) is 9.04. The standard InChI is InChI=1S/C13H24N4O4/c1-3-21-13(19)17-8-5-10(6-9-17)16-12(14)15-7-4-11(18)20-2/h10H,3-9H2,1-2H3,(H3,14,15,16). The van der Waals surface area contributed by atoms with Crippen LogP contribution >= 0.6 is 0 Å². The SMILES string of the molecule is CCOC(=O)N1CCC(NC(N)=NCCC(=O)OC)CC1. The van der Waals surface area contributed by atoms with Crippen molar-refractivity contribution in [3.05, 3.63) is 0 Å². The summed E-state index contributed by atoms with van der Waals surface area (Å²) in [5.41, 5.74) is 5.76. The summed E-state index contributed by atoms with van der Waals surface area (Å²) in [5, 5.41) is 3.10. The highest BCUT2D eigenvalue weighted by Gasteiger charge is 2.23. The molecule has 0 radical (unpaired) electrons. The number of rotatable bonds is 5. The van der Waals surface area contributed by atoms with Crippen molar-refractivity contribution in [1.29, 1.82) is 0 Å². The normalized spacial score (nSPS) is 16.5. The maximum atomic E-state index is 11.6. The highest BCUT2D eigenvalue weighted by molar-refractivity contribution is 5.78. The van der Waals surface area contributed by atoms with Gasteiger partial charge in [0.15, 0.2) is 5.96 Å². The zero-order chi connectivity index (χ0) is 15.7. The number of aliphatic imine (C=N–C) groups is 1. The summed E-state index contributed by atoms with van der Waals surface area (Å²) < 4.78 is 9.48. The summed E-state index contributed by atoms with van der Waals surface area (Å²) in [6.07, 6.45) is 1.51. The number of piperidine rings is 1. The van der Waals surface area contributed by atoms with Crippen molar-refractivity contribution in [3.8, 4) is 0 Å². The minimum Gasteiger partial charge on any atom is -0.469 e. The van der Waals surface area contributed by atoms with Crippen molar-refractivity contribution in [2.24, 2.45) is 10.7 Å². The smallest absolute Gasteiger partial charge is 0.409 e. The molecule has 21 heavy (non-hydrogen) atoms. The Balaban J connectivity index is 2.27. The third kappa shape index (κ3) is 6.33. The highest BCUT2D eigenvalue weighted by atomic mass is 16.6. The van der Waals surface area contributed by atoms with Gasteiger partial charge in [-0.1, -0.05) is 0 Å². The molecule has 1 rings (SSSR count). The molecular weight excluding hydrogens is 276 g/mol. The topological polar surface area (TPSA) is 106 Å². The van der Waals surface area contributed by atoms with E-state index in [1.54, 1.807) is 11.8 Å². The van der Waals surface area contributed by atoms with Crippen LogP contribution in [-0.4, -0.2) is 62.3 Å². The number of methoxy groups -OCH3 is 1. The number of esters is 1. The van der Waals surface area contributed by atoms with E-state index < -0.39 is 0 Å². The predicted molar refractivity (Wildman–Crippen MR) is 77.9 cm³/mol. The van der Waals surface area contributed by atoms with E-state index in [1.807, 2.05) is 0 Å². The maximum Gasteiger partial charge on any atom is 0.409 e. The summed E-state index contributed by atoms with van der Waals surface area (Å²) in [4.78, 5) is 28.2. The van der Waals surface area contributed by atoms with Crippen molar-refractivity contribution in [2.45, 2.75) is 32.2 Å². The molecule has 1 aliphatic heterocycles. The van der Waals surface area contributed by atoms with Gasteiger partial charge < -0.3 is 25.4 Å². The number of ether oxygens (including phenoxy) is 2. The number of carbonyl (C=O) groups is 2. The van der Waals surface area contributed by atoms with Gasteiger partial charge in [-0.3, -0.25) is 9.79 Å². The van der Waals surface area contributed by atoms with Crippen molar-refractivity contribution >= 4 is 18.0 Å². The molecule has 0 spiro atoms. The second-order valence-electron chi connectivity index (χ2n) is 4.70. The van der Waals surface area contributed by atoms with E-state index in [2.05, 4.69) is 15.0 Å². The zero-order valence-electron chi connectivity index (χ0n) is 12.6. The fraction of sp³-hybridized carbons (Fsp3) is 0.769. The number of nitrogens with two attached hydrogens (primary N) is 1. The molecule has 0 aliphatic carbocycles. The van der Waals surface area contributed by atoms with Crippen LogP contribution in [0.15, 0.2) is 4.99 Å². The van der Waals surface area contributed by atoms with Gasteiger partial charge in [-0.15, -0.1) is 0 Å². The van der Waals surface area contributed by atoms with Crippen molar-refractivity contribution in [1.82, 2.24) is 10.2 Å². The number of likely N-dealkylation sites (tertiary alicyclic amines) is 1. The average molecular weight is 300 g/mol. The lowest BCUT2D eigenvalue weighted by atomic mass is 10.1. The maximum absolute atomic E-state index is 11.6. The Morgan fingerprint density at radius 2 is 2.05 bits per heavy atom. The molecule has 1 saturated heterocycles. The molecule has 8 heteroatoms. The zero-order valence-corrected chi connectivity index (χ0v) is 12.6. The summed E-state index contributed by atoms with van der Waals surface area (Å²) in [6.45, 7) is 3.74. The quantitative estimate of drug-likeness (QED) is 0.423. The molecule has 1 amide bonds. The van der Waals surface area contributed by atoms with Crippen LogP contribution in [0.3, 0.4) is 0 Å². The van der Waals surface area contributed by atoms with Gasteiger partial charge in [-0.25, -0.2) is 4.79 Å². The van der Waals surface area contributed by atoms with E-state index >= 15 is 0 Å². The lowest BCUT2D eigenvalue weighted by Gasteiger charge is -2.31. The van der Waals surface area contributed by atoms with Crippen LogP contribution in [0.25, 0.3) is 0 Å². The van der Waals surface area contributed by atoms with Gasteiger partial charge >= 0.3 is 12.1 Å². The van der Waals surface area contributed by atoms with E-state index in [0.29, 0.717) is 32.2 Å². The average Bonchev–Trinajstić information content (AvgIpc) is 2.48. The fourth-order valence-corrected chi connectivity index (χ4v) is 2.05. The molecule has 0 atom stereocenters.